The van der Waals surface area contributed by atoms with Crippen LogP contribution in [-0.2, 0) is 6.54 Å². The number of nitrogens with zero attached hydrogens (tertiary/aromatic N) is 2. The number of para-hydroxylation sites is 2. The molecule has 6 nitrogen and oxygen atoms in total. The van der Waals surface area contributed by atoms with Gasteiger partial charge in [0.1, 0.15) is 11.5 Å². The fourth-order valence-electron chi connectivity index (χ4n) is 3.39. The first-order valence-corrected chi connectivity index (χ1v) is 10.3. The average molecular weight is 413 g/mol. The van der Waals surface area contributed by atoms with Crippen molar-refractivity contribution in [2.24, 2.45) is 5.10 Å². The SMILES string of the molecule is COc1ccccc1NC(=S)N/N=C(\C)c1ccc(O)c(CN2CCCCC2)c1. The van der Waals surface area contributed by atoms with Crippen molar-refractivity contribution in [2.45, 2.75) is 32.7 Å². The van der Waals surface area contributed by atoms with Crippen molar-refractivity contribution in [1.82, 2.24) is 10.3 Å². The Bertz CT molecular complexity index is 879. The largest absolute Gasteiger partial charge is 0.508 e. The maximum Gasteiger partial charge on any atom is 0.191 e. The molecule has 2 aromatic carbocycles. The van der Waals surface area contributed by atoms with Gasteiger partial charge in [-0.1, -0.05) is 18.6 Å². The number of aromatic hydroxyl groups is 1. The van der Waals surface area contributed by atoms with Gasteiger partial charge in [-0.15, -0.1) is 0 Å². The number of rotatable bonds is 6. The van der Waals surface area contributed by atoms with E-state index in [1.54, 1.807) is 13.2 Å². The van der Waals surface area contributed by atoms with Gasteiger partial charge in [0.15, 0.2) is 5.11 Å². The molecule has 3 N–H and O–H groups in total. The van der Waals surface area contributed by atoms with Gasteiger partial charge in [-0.3, -0.25) is 10.3 Å². The van der Waals surface area contributed by atoms with Gasteiger partial charge >= 0.3 is 0 Å². The Hall–Kier alpha value is -2.64. The van der Waals surface area contributed by atoms with E-state index in [9.17, 15) is 5.11 Å². The quantitative estimate of drug-likeness (QED) is 0.377. The van der Waals surface area contributed by atoms with Crippen molar-refractivity contribution >= 4 is 28.7 Å². The minimum absolute atomic E-state index is 0.327. The zero-order valence-electron chi connectivity index (χ0n) is 16.9. The van der Waals surface area contributed by atoms with E-state index in [2.05, 4.69) is 20.7 Å². The molecule has 0 aliphatic carbocycles. The molecule has 0 radical (unpaired) electrons. The van der Waals surface area contributed by atoms with E-state index < -0.39 is 0 Å². The summed E-state index contributed by atoms with van der Waals surface area (Å²) in [4.78, 5) is 2.39. The monoisotopic (exact) mass is 412 g/mol. The third-order valence-corrected chi connectivity index (χ3v) is 5.21. The first kappa shape index (κ1) is 21.1. The Morgan fingerprint density at radius 3 is 2.69 bits per heavy atom. The summed E-state index contributed by atoms with van der Waals surface area (Å²) in [7, 11) is 1.62. The summed E-state index contributed by atoms with van der Waals surface area (Å²) in [6, 6.07) is 13.2. The number of thiocarbonyl (C=S) groups is 1. The molecule has 2 aromatic rings. The van der Waals surface area contributed by atoms with Gasteiger partial charge in [0.05, 0.1) is 18.5 Å². The Morgan fingerprint density at radius 2 is 1.93 bits per heavy atom. The summed E-state index contributed by atoms with van der Waals surface area (Å²) in [5.41, 5.74) is 6.31. The van der Waals surface area contributed by atoms with E-state index in [-0.39, 0.29) is 0 Å². The second-order valence-electron chi connectivity index (χ2n) is 7.14. The van der Waals surface area contributed by atoms with Gasteiger partial charge in [-0.05, 0) is 81.0 Å². The van der Waals surface area contributed by atoms with Gasteiger partial charge in [0.2, 0.25) is 0 Å². The zero-order valence-corrected chi connectivity index (χ0v) is 17.8. The normalized spacial score (nSPS) is 15.0. The van der Waals surface area contributed by atoms with Crippen molar-refractivity contribution < 1.29 is 9.84 Å². The molecule has 1 fully saturated rings. The highest BCUT2D eigenvalue weighted by Crippen LogP contribution is 2.24. The lowest BCUT2D eigenvalue weighted by Gasteiger charge is -2.26. The molecule has 0 spiro atoms. The van der Waals surface area contributed by atoms with Crippen LogP contribution in [0.4, 0.5) is 5.69 Å². The van der Waals surface area contributed by atoms with Gasteiger partial charge in [0.25, 0.3) is 0 Å². The van der Waals surface area contributed by atoms with E-state index >= 15 is 0 Å². The first-order chi connectivity index (χ1) is 14.1. The lowest BCUT2D eigenvalue weighted by atomic mass is 10.0. The smallest absolute Gasteiger partial charge is 0.191 e. The number of hydrogen-bond donors (Lipinski definition) is 3. The number of phenolic OH excluding ortho intramolecular Hbond substituents is 1. The van der Waals surface area contributed by atoms with Crippen LogP contribution >= 0.6 is 12.2 Å². The fraction of sp³-hybridized carbons (Fsp3) is 0.364. The van der Waals surface area contributed by atoms with Crippen molar-refractivity contribution in [1.29, 1.82) is 0 Å². The van der Waals surface area contributed by atoms with Crippen LogP contribution in [0, 0.1) is 0 Å². The summed E-state index contributed by atoms with van der Waals surface area (Å²) in [5, 5.41) is 18.1. The fourth-order valence-corrected chi connectivity index (χ4v) is 3.55. The summed E-state index contributed by atoms with van der Waals surface area (Å²) in [6.07, 6.45) is 3.74. The van der Waals surface area contributed by atoms with Gasteiger partial charge in [-0.2, -0.15) is 5.10 Å². The Morgan fingerprint density at radius 1 is 1.17 bits per heavy atom. The molecule has 0 saturated carbocycles. The minimum atomic E-state index is 0.327. The molecular formula is C22H28N4O2S. The molecular weight excluding hydrogens is 384 g/mol. The van der Waals surface area contributed by atoms with Crippen LogP contribution in [0.15, 0.2) is 47.6 Å². The molecule has 3 rings (SSSR count). The predicted molar refractivity (Wildman–Crippen MR) is 122 cm³/mol. The van der Waals surface area contributed by atoms with Crippen LogP contribution in [0.1, 0.15) is 37.3 Å². The second-order valence-corrected chi connectivity index (χ2v) is 7.55. The Labute approximate surface area is 177 Å². The van der Waals surface area contributed by atoms with Crippen LogP contribution in [-0.4, -0.2) is 41.0 Å². The molecule has 7 heteroatoms. The predicted octanol–water partition coefficient (Wildman–Crippen LogP) is 4.10. The number of hydrazone groups is 1. The highest BCUT2D eigenvalue weighted by Gasteiger charge is 2.13. The van der Waals surface area contributed by atoms with E-state index in [1.807, 2.05) is 43.3 Å². The standard InChI is InChI=1S/C22H28N4O2S/c1-16(24-25-22(29)23-19-8-4-5-9-21(19)28-2)17-10-11-20(27)18(14-17)15-26-12-6-3-7-13-26/h4-5,8-11,14,27H,3,6-7,12-13,15H2,1-2H3,(H2,23,25,29)/b24-16+. The first-order valence-electron chi connectivity index (χ1n) is 9.85. The summed E-state index contributed by atoms with van der Waals surface area (Å²) in [6.45, 7) is 4.84. The second kappa shape index (κ2) is 10.2. The molecule has 1 aliphatic rings. The van der Waals surface area contributed by atoms with E-state index in [0.717, 1.165) is 42.2 Å². The molecule has 1 saturated heterocycles. The molecule has 0 atom stereocenters. The van der Waals surface area contributed by atoms with Crippen LogP contribution < -0.4 is 15.5 Å². The lowest BCUT2D eigenvalue weighted by molar-refractivity contribution is 0.218. The maximum atomic E-state index is 10.3. The van der Waals surface area contributed by atoms with Crippen molar-refractivity contribution in [3.63, 3.8) is 0 Å². The van der Waals surface area contributed by atoms with Crippen LogP contribution in [0.5, 0.6) is 11.5 Å². The number of hydrogen-bond acceptors (Lipinski definition) is 5. The zero-order chi connectivity index (χ0) is 20.6. The lowest BCUT2D eigenvalue weighted by Crippen LogP contribution is -2.29. The number of likely N-dealkylation sites (tertiary alicyclic amines) is 1. The third kappa shape index (κ3) is 5.92. The van der Waals surface area contributed by atoms with E-state index in [0.29, 0.717) is 16.6 Å². The number of nitrogens with one attached hydrogen (secondary N) is 2. The Kier molecular flexibility index (Phi) is 7.43. The number of anilines is 1. The summed E-state index contributed by atoms with van der Waals surface area (Å²) in [5.74, 6) is 1.03. The topological polar surface area (TPSA) is 69.1 Å². The highest BCUT2D eigenvalue weighted by molar-refractivity contribution is 7.80. The van der Waals surface area contributed by atoms with E-state index in [4.69, 9.17) is 17.0 Å². The molecule has 0 aromatic heterocycles. The van der Waals surface area contributed by atoms with Crippen molar-refractivity contribution in [2.75, 3.05) is 25.5 Å². The third-order valence-electron chi connectivity index (χ3n) is 5.02. The number of piperidine rings is 1. The average Bonchev–Trinajstić information content (AvgIpc) is 2.74. The Balaban J connectivity index is 1.64. The number of benzene rings is 2. The molecule has 1 aliphatic heterocycles. The molecule has 0 bridgehead atoms. The number of phenols is 1. The highest BCUT2D eigenvalue weighted by atomic mass is 32.1. The van der Waals surface area contributed by atoms with E-state index in [1.165, 1.54) is 19.3 Å². The van der Waals surface area contributed by atoms with Gasteiger partial charge in [-0.25, -0.2) is 0 Å². The molecule has 0 amide bonds. The molecule has 1 heterocycles. The maximum absolute atomic E-state index is 10.3. The van der Waals surface area contributed by atoms with Crippen molar-refractivity contribution in [3.05, 3.63) is 53.6 Å². The van der Waals surface area contributed by atoms with Crippen LogP contribution in [0.25, 0.3) is 0 Å². The number of methoxy groups -OCH3 is 1. The molecule has 154 valence electrons. The summed E-state index contributed by atoms with van der Waals surface area (Å²) >= 11 is 5.34. The van der Waals surface area contributed by atoms with Gasteiger partial charge in [0, 0.05) is 12.1 Å². The van der Waals surface area contributed by atoms with Gasteiger partial charge < -0.3 is 15.2 Å². The summed E-state index contributed by atoms with van der Waals surface area (Å²) < 4.78 is 5.31. The van der Waals surface area contributed by atoms with Crippen LogP contribution in [0.2, 0.25) is 0 Å². The minimum Gasteiger partial charge on any atom is -0.508 e. The van der Waals surface area contributed by atoms with Crippen LogP contribution in [0.3, 0.4) is 0 Å². The van der Waals surface area contributed by atoms with Crippen molar-refractivity contribution in [3.8, 4) is 11.5 Å². The molecule has 0 unspecified atom stereocenters. The number of ether oxygens (including phenoxy) is 1. The molecule has 29 heavy (non-hydrogen) atoms.